The Morgan fingerprint density at radius 2 is 1.66 bits per heavy atom. The lowest BCUT2D eigenvalue weighted by Gasteiger charge is -2.26. The second kappa shape index (κ2) is 11.8. The van der Waals surface area contributed by atoms with E-state index in [9.17, 15) is 4.79 Å². The van der Waals surface area contributed by atoms with Gasteiger partial charge in [0.2, 0.25) is 0 Å². The van der Waals surface area contributed by atoms with Gasteiger partial charge in [-0.1, -0.05) is 60.7 Å². The average molecular weight is 509 g/mol. The zero-order valence-corrected chi connectivity index (χ0v) is 21.4. The van der Waals surface area contributed by atoms with E-state index < -0.39 is 5.91 Å². The van der Waals surface area contributed by atoms with Gasteiger partial charge in [0, 0.05) is 25.0 Å². The third kappa shape index (κ3) is 6.12. The molecule has 2 aromatic heterocycles. The first-order valence-electron chi connectivity index (χ1n) is 12.8. The fourth-order valence-electron chi connectivity index (χ4n) is 4.65. The Labute approximate surface area is 222 Å². The van der Waals surface area contributed by atoms with Gasteiger partial charge in [-0.2, -0.15) is 0 Å². The maximum Gasteiger partial charge on any atom is 0.268 e. The van der Waals surface area contributed by atoms with Crippen molar-refractivity contribution in [1.29, 1.82) is 0 Å². The number of aromatic nitrogens is 3. The highest BCUT2D eigenvalue weighted by Gasteiger charge is 2.22. The van der Waals surface area contributed by atoms with Crippen LogP contribution in [-0.2, 0) is 24.5 Å². The molecule has 2 atom stereocenters. The van der Waals surface area contributed by atoms with Gasteiger partial charge in [0.25, 0.3) is 5.91 Å². The van der Waals surface area contributed by atoms with E-state index in [-0.39, 0.29) is 17.8 Å². The third-order valence-electron chi connectivity index (χ3n) is 6.79. The molecule has 0 fully saturated rings. The molecule has 38 heavy (non-hydrogen) atoms. The highest BCUT2D eigenvalue weighted by Crippen LogP contribution is 2.26. The molecule has 5 aromatic rings. The number of rotatable bonds is 12. The molecule has 0 spiro atoms. The van der Waals surface area contributed by atoms with Crippen LogP contribution in [0.15, 0.2) is 104 Å². The summed E-state index contributed by atoms with van der Waals surface area (Å²) in [6, 6.07) is 28.5. The summed E-state index contributed by atoms with van der Waals surface area (Å²) >= 11 is 0. The summed E-state index contributed by atoms with van der Waals surface area (Å²) in [6.45, 7) is 3.83. The number of fused-ring (bicyclic) bond motifs is 1. The van der Waals surface area contributed by atoms with Crippen LogP contribution in [-0.4, -0.2) is 26.1 Å². The van der Waals surface area contributed by atoms with E-state index in [1.807, 2.05) is 59.2 Å². The highest BCUT2D eigenvalue weighted by atomic mass is 16.5. The lowest BCUT2D eigenvalue weighted by atomic mass is 10.1. The Bertz CT molecular complexity index is 1480. The number of aryl methyl sites for hydroxylation is 1. The first-order valence-corrected chi connectivity index (χ1v) is 12.8. The summed E-state index contributed by atoms with van der Waals surface area (Å²) in [5.41, 5.74) is 9.06. The summed E-state index contributed by atoms with van der Waals surface area (Å²) < 4.78 is 16.5. The van der Waals surface area contributed by atoms with Gasteiger partial charge < -0.3 is 24.3 Å². The van der Waals surface area contributed by atoms with Crippen LogP contribution in [0.5, 0.6) is 5.75 Å². The van der Waals surface area contributed by atoms with E-state index in [1.54, 1.807) is 12.5 Å². The Morgan fingerprint density at radius 1 is 0.947 bits per heavy atom. The molecule has 0 saturated carbocycles. The van der Waals surface area contributed by atoms with Crippen LogP contribution in [0.1, 0.15) is 41.0 Å². The number of amides is 1. The fraction of sp³-hybridized carbons (Fsp3) is 0.226. The molecule has 0 aliphatic heterocycles. The number of carbonyl (C=O) groups excluding carboxylic acids is 1. The molecule has 0 bridgehead atoms. The molecular formula is C31H32N4O3. The van der Waals surface area contributed by atoms with Crippen LogP contribution in [0.4, 0.5) is 0 Å². The van der Waals surface area contributed by atoms with Crippen molar-refractivity contribution >= 4 is 16.8 Å². The van der Waals surface area contributed by atoms with Gasteiger partial charge in [-0.3, -0.25) is 4.79 Å². The zero-order chi connectivity index (χ0) is 26.3. The van der Waals surface area contributed by atoms with E-state index in [0.717, 1.165) is 40.7 Å². The average Bonchev–Trinajstić information content (AvgIpc) is 3.60. The number of benzene rings is 3. The van der Waals surface area contributed by atoms with Crippen LogP contribution in [0.3, 0.4) is 0 Å². The van der Waals surface area contributed by atoms with Crippen LogP contribution >= 0.6 is 0 Å². The number of hydrogen-bond acceptors (Lipinski definition) is 4. The smallest absolute Gasteiger partial charge is 0.268 e. The maximum atomic E-state index is 11.7. The minimum absolute atomic E-state index is 0.0470. The van der Waals surface area contributed by atoms with Crippen LogP contribution in [0.25, 0.3) is 10.9 Å². The Morgan fingerprint density at radius 3 is 2.34 bits per heavy atom. The van der Waals surface area contributed by atoms with Gasteiger partial charge in [0.1, 0.15) is 18.1 Å². The van der Waals surface area contributed by atoms with Crippen molar-refractivity contribution in [3.63, 3.8) is 0 Å². The van der Waals surface area contributed by atoms with Crippen LogP contribution in [0.2, 0.25) is 0 Å². The third-order valence-corrected chi connectivity index (χ3v) is 6.79. The van der Waals surface area contributed by atoms with Crippen molar-refractivity contribution in [2.75, 3.05) is 0 Å². The van der Waals surface area contributed by atoms with Crippen LogP contribution in [0, 0.1) is 0 Å². The number of nitrogens with two attached hydrogens (primary N) is 1. The number of primary amides is 1. The van der Waals surface area contributed by atoms with Crippen molar-refractivity contribution < 1.29 is 14.3 Å². The quantitative estimate of drug-likeness (QED) is 0.232. The predicted molar refractivity (Wildman–Crippen MR) is 148 cm³/mol. The molecule has 2 N–H and O–H groups in total. The molecule has 0 radical (unpaired) electrons. The topological polar surface area (TPSA) is 84.3 Å². The number of carbonyl (C=O) groups is 1. The van der Waals surface area contributed by atoms with E-state index in [0.29, 0.717) is 13.2 Å². The molecule has 5 rings (SSSR count). The molecule has 1 amide bonds. The number of hydrogen-bond donors (Lipinski definition) is 1. The summed E-state index contributed by atoms with van der Waals surface area (Å²) in [5.74, 6) is 0.290. The first kappa shape index (κ1) is 25.3. The molecule has 7 nitrogen and oxygen atoms in total. The molecule has 0 aliphatic carbocycles. The van der Waals surface area contributed by atoms with Gasteiger partial charge in [-0.25, -0.2) is 4.98 Å². The lowest BCUT2D eigenvalue weighted by molar-refractivity contribution is 0.0137. The van der Waals surface area contributed by atoms with Gasteiger partial charge in [-0.15, -0.1) is 0 Å². The Balaban J connectivity index is 1.31. The maximum absolute atomic E-state index is 11.7. The minimum Gasteiger partial charge on any atom is -0.489 e. The molecule has 3 aromatic carbocycles. The summed E-state index contributed by atoms with van der Waals surface area (Å²) in [7, 11) is 0. The first-order chi connectivity index (χ1) is 18.6. The van der Waals surface area contributed by atoms with Crippen molar-refractivity contribution in [2.45, 2.75) is 45.2 Å². The second-order valence-electron chi connectivity index (χ2n) is 9.43. The summed E-state index contributed by atoms with van der Waals surface area (Å²) in [5, 5.41) is 1.15. The fourth-order valence-corrected chi connectivity index (χ4v) is 4.65. The number of nitrogens with zero attached hydrogens (tertiary/aromatic N) is 3. The van der Waals surface area contributed by atoms with Crippen molar-refractivity contribution in [3.05, 3.63) is 120 Å². The molecule has 2 heterocycles. The summed E-state index contributed by atoms with van der Waals surface area (Å²) in [6.07, 6.45) is 6.11. The summed E-state index contributed by atoms with van der Waals surface area (Å²) in [4.78, 5) is 15.9. The molecular weight excluding hydrogens is 476 g/mol. The van der Waals surface area contributed by atoms with Gasteiger partial charge in [0.15, 0.2) is 0 Å². The van der Waals surface area contributed by atoms with E-state index in [4.69, 9.17) is 15.2 Å². The highest BCUT2D eigenvalue weighted by molar-refractivity contribution is 5.90. The molecule has 0 aliphatic rings. The monoisotopic (exact) mass is 508 g/mol. The predicted octanol–water partition coefficient (Wildman–Crippen LogP) is 5.75. The standard InChI is InChI=1S/C31H32N4O3/c1-23(37-20-24-8-4-2-5-9-24)29(35-19-28(31(32)36)33-22-35)15-17-34-16-14-26-12-13-27(18-30(26)34)38-21-25-10-6-3-7-11-25/h2-14,16,18-19,22-23,29H,15,17,20-21H2,1H3,(H2,32,36). The number of ether oxygens (including phenoxy) is 2. The molecule has 7 heteroatoms. The van der Waals surface area contributed by atoms with Gasteiger partial charge in [0.05, 0.1) is 30.6 Å². The van der Waals surface area contributed by atoms with Crippen molar-refractivity contribution in [1.82, 2.24) is 14.1 Å². The van der Waals surface area contributed by atoms with E-state index in [1.165, 1.54) is 0 Å². The largest absolute Gasteiger partial charge is 0.489 e. The van der Waals surface area contributed by atoms with Crippen molar-refractivity contribution in [2.24, 2.45) is 5.73 Å². The van der Waals surface area contributed by atoms with Gasteiger partial charge >= 0.3 is 0 Å². The Kier molecular flexibility index (Phi) is 7.85. The lowest BCUT2D eigenvalue weighted by Crippen LogP contribution is -2.25. The van der Waals surface area contributed by atoms with E-state index >= 15 is 0 Å². The zero-order valence-electron chi connectivity index (χ0n) is 21.4. The van der Waals surface area contributed by atoms with Crippen molar-refractivity contribution in [3.8, 4) is 5.75 Å². The van der Waals surface area contributed by atoms with Crippen LogP contribution < -0.4 is 10.5 Å². The molecule has 194 valence electrons. The second-order valence-corrected chi connectivity index (χ2v) is 9.43. The minimum atomic E-state index is -0.542. The molecule has 0 saturated heterocycles. The molecule has 2 unspecified atom stereocenters. The normalized spacial score (nSPS) is 12.9. The SMILES string of the molecule is CC(OCc1ccccc1)C(CCn1ccc2ccc(OCc3ccccc3)cc21)n1cnc(C(N)=O)c1. The van der Waals surface area contributed by atoms with E-state index in [2.05, 4.69) is 53.0 Å². The number of imidazole rings is 1. The van der Waals surface area contributed by atoms with Gasteiger partial charge in [-0.05, 0) is 48.1 Å². The Hall–Kier alpha value is -4.36.